The van der Waals surface area contributed by atoms with Crippen molar-refractivity contribution in [3.05, 3.63) is 47.0 Å². The van der Waals surface area contributed by atoms with Crippen molar-refractivity contribution in [3.63, 3.8) is 0 Å². The zero-order valence-electron chi connectivity index (χ0n) is 14.5. The second kappa shape index (κ2) is 9.03. The fraction of sp³-hybridized carbons (Fsp3) is 0.278. The monoisotopic (exact) mass is 363 g/mol. The van der Waals surface area contributed by atoms with E-state index in [1.807, 2.05) is 31.2 Å². The van der Waals surface area contributed by atoms with Gasteiger partial charge in [-0.1, -0.05) is 17.7 Å². The maximum atomic E-state index is 6.09. The fourth-order valence-corrected chi connectivity index (χ4v) is 2.45. The van der Waals surface area contributed by atoms with Crippen LogP contribution in [0, 0.1) is 0 Å². The first-order chi connectivity index (χ1) is 12.1. The Kier molecular flexibility index (Phi) is 6.77. The van der Waals surface area contributed by atoms with Crippen LogP contribution >= 0.6 is 11.6 Å². The second-order valence-electron chi connectivity index (χ2n) is 5.09. The van der Waals surface area contributed by atoms with Crippen LogP contribution in [0.25, 0.3) is 0 Å². The van der Waals surface area contributed by atoms with Crippen LogP contribution in [-0.4, -0.2) is 26.8 Å². The molecule has 2 aromatic carbocycles. The van der Waals surface area contributed by atoms with Crippen molar-refractivity contribution < 1.29 is 14.2 Å². The number of aliphatic imine (C=N–C) groups is 1. The van der Waals surface area contributed by atoms with Gasteiger partial charge in [0.15, 0.2) is 17.5 Å². The van der Waals surface area contributed by atoms with Gasteiger partial charge in [0.05, 0.1) is 32.4 Å². The standard InChI is InChI=1S/C18H22ClN3O3/c1-4-25-17-9-12(5-7-16(17)24-3)11-21-18(20)22-13-6-8-15(23-2)14(19)10-13/h5-10H,4,11H2,1-3H3,(H3,20,21,22). The first kappa shape index (κ1) is 18.7. The van der Waals surface area contributed by atoms with Crippen LogP contribution in [0.1, 0.15) is 12.5 Å². The topological polar surface area (TPSA) is 78.1 Å². The molecule has 25 heavy (non-hydrogen) atoms. The van der Waals surface area contributed by atoms with Gasteiger partial charge in [-0.15, -0.1) is 0 Å². The highest BCUT2D eigenvalue weighted by Crippen LogP contribution is 2.29. The normalized spacial score (nSPS) is 11.1. The third kappa shape index (κ3) is 5.19. The number of methoxy groups -OCH3 is 2. The van der Waals surface area contributed by atoms with Crippen molar-refractivity contribution in [2.24, 2.45) is 10.7 Å². The van der Waals surface area contributed by atoms with E-state index >= 15 is 0 Å². The van der Waals surface area contributed by atoms with Crippen molar-refractivity contribution in [3.8, 4) is 17.2 Å². The minimum absolute atomic E-state index is 0.287. The van der Waals surface area contributed by atoms with Crippen LogP contribution in [-0.2, 0) is 6.54 Å². The molecule has 0 heterocycles. The molecule has 134 valence electrons. The number of benzene rings is 2. The summed E-state index contributed by atoms with van der Waals surface area (Å²) in [6, 6.07) is 11.0. The number of nitrogens with zero attached hydrogens (tertiary/aromatic N) is 1. The number of halogens is 1. The van der Waals surface area contributed by atoms with Crippen LogP contribution < -0.4 is 25.3 Å². The van der Waals surface area contributed by atoms with Crippen molar-refractivity contribution in [2.45, 2.75) is 13.5 Å². The van der Waals surface area contributed by atoms with Crippen molar-refractivity contribution >= 4 is 23.2 Å². The van der Waals surface area contributed by atoms with E-state index in [1.54, 1.807) is 26.4 Å². The fourth-order valence-electron chi connectivity index (χ4n) is 2.20. The van der Waals surface area contributed by atoms with Crippen molar-refractivity contribution in [1.29, 1.82) is 0 Å². The first-order valence-electron chi connectivity index (χ1n) is 7.77. The Bertz CT molecular complexity index is 750. The third-order valence-corrected chi connectivity index (χ3v) is 3.68. The molecule has 0 amide bonds. The van der Waals surface area contributed by atoms with E-state index in [1.165, 1.54) is 0 Å². The van der Waals surface area contributed by atoms with Crippen LogP contribution in [0.2, 0.25) is 5.02 Å². The van der Waals surface area contributed by atoms with E-state index in [0.717, 1.165) is 11.3 Å². The van der Waals surface area contributed by atoms with Gasteiger partial charge >= 0.3 is 0 Å². The Morgan fingerprint density at radius 1 is 1.08 bits per heavy atom. The summed E-state index contributed by atoms with van der Waals surface area (Å²) in [5, 5.41) is 3.50. The molecule has 0 atom stereocenters. The molecular formula is C18H22ClN3O3. The Balaban J connectivity index is 2.05. The smallest absolute Gasteiger partial charge is 0.193 e. The van der Waals surface area contributed by atoms with Crippen LogP contribution in [0.15, 0.2) is 41.4 Å². The number of hydrogen-bond acceptors (Lipinski definition) is 4. The van der Waals surface area contributed by atoms with Crippen molar-refractivity contribution in [1.82, 2.24) is 0 Å². The Morgan fingerprint density at radius 2 is 1.80 bits per heavy atom. The summed E-state index contributed by atoms with van der Waals surface area (Å²) in [6.45, 7) is 2.89. The van der Waals surface area contributed by atoms with E-state index in [0.29, 0.717) is 35.4 Å². The maximum Gasteiger partial charge on any atom is 0.193 e. The summed E-state index contributed by atoms with van der Waals surface area (Å²) in [7, 11) is 3.17. The summed E-state index contributed by atoms with van der Waals surface area (Å²) in [4.78, 5) is 4.33. The lowest BCUT2D eigenvalue weighted by Crippen LogP contribution is -2.22. The molecule has 0 aliphatic heterocycles. The van der Waals surface area contributed by atoms with Gasteiger partial charge in [0.2, 0.25) is 0 Å². The van der Waals surface area contributed by atoms with Gasteiger partial charge < -0.3 is 25.3 Å². The van der Waals surface area contributed by atoms with Gasteiger partial charge in [-0.3, -0.25) is 0 Å². The van der Waals surface area contributed by atoms with Gasteiger partial charge in [0.1, 0.15) is 5.75 Å². The quantitative estimate of drug-likeness (QED) is 0.579. The first-order valence-corrected chi connectivity index (χ1v) is 8.15. The summed E-state index contributed by atoms with van der Waals surface area (Å²) in [5.74, 6) is 2.26. The molecule has 6 nitrogen and oxygen atoms in total. The van der Waals surface area contributed by atoms with Gasteiger partial charge in [-0.05, 0) is 42.8 Å². The lowest BCUT2D eigenvalue weighted by molar-refractivity contribution is 0.310. The van der Waals surface area contributed by atoms with E-state index in [2.05, 4.69) is 10.3 Å². The molecule has 0 aliphatic carbocycles. The average Bonchev–Trinajstić information content (AvgIpc) is 2.60. The Morgan fingerprint density at radius 3 is 2.44 bits per heavy atom. The summed E-state index contributed by atoms with van der Waals surface area (Å²) in [6.07, 6.45) is 0. The SMILES string of the molecule is CCOc1cc(CN=C(N)Nc2ccc(OC)c(Cl)c2)ccc1OC. The van der Waals surface area contributed by atoms with Gasteiger partial charge in [0, 0.05) is 5.69 Å². The Hall–Kier alpha value is -2.60. The third-order valence-electron chi connectivity index (χ3n) is 3.38. The van der Waals surface area contributed by atoms with E-state index in [9.17, 15) is 0 Å². The van der Waals surface area contributed by atoms with Gasteiger partial charge in [0.25, 0.3) is 0 Å². The average molecular weight is 364 g/mol. The molecule has 0 aliphatic rings. The van der Waals surface area contributed by atoms with Crippen LogP contribution in [0.4, 0.5) is 5.69 Å². The number of hydrogen-bond donors (Lipinski definition) is 2. The lowest BCUT2D eigenvalue weighted by Gasteiger charge is -2.11. The second-order valence-corrected chi connectivity index (χ2v) is 5.50. The molecular weight excluding hydrogens is 342 g/mol. The predicted octanol–water partition coefficient (Wildman–Crippen LogP) is 3.68. The Labute approximate surface area is 152 Å². The zero-order chi connectivity index (χ0) is 18.2. The highest BCUT2D eigenvalue weighted by Gasteiger charge is 2.06. The van der Waals surface area contributed by atoms with E-state index in [-0.39, 0.29) is 5.96 Å². The van der Waals surface area contributed by atoms with Crippen LogP contribution in [0.5, 0.6) is 17.2 Å². The zero-order valence-corrected chi connectivity index (χ0v) is 15.3. The minimum atomic E-state index is 0.287. The molecule has 3 N–H and O–H groups in total. The minimum Gasteiger partial charge on any atom is -0.495 e. The number of nitrogens with two attached hydrogens (primary N) is 1. The number of anilines is 1. The lowest BCUT2D eigenvalue weighted by atomic mass is 10.2. The molecule has 7 heteroatoms. The van der Waals surface area contributed by atoms with E-state index in [4.69, 9.17) is 31.5 Å². The molecule has 0 bridgehead atoms. The highest BCUT2D eigenvalue weighted by molar-refractivity contribution is 6.32. The molecule has 2 rings (SSSR count). The predicted molar refractivity (Wildman–Crippen MR) is 101 cm³/mol. The molecule has 0 saturated heterocycles. The highest BCUT2D eigenvalue weighted by atomic mass is 35.5. The molecule has 0 saturated carbocycles. The molecule has 0 unspecified atom stereocenters. The van der Waals surface area contributed by atoms with Gasteiger partial charge in [-0.2, -0.15) is 0 Å². The number of rotatable bonds is 7. The molecule has 0 spiro atoms. The van der Waals surface area contributed by atoms with Crippen molar-refractivity contribution in [2.75, 3.05) is 26.1 Å². The number of nitrogens with one attached hydrogen (secondary N) is 1. The summed E-state index contributed by atoms with van der Waals surface area (Å²) in [5.41, 5.74) is 7.63. The van der Waals surface area contributed by atoms with Gasteiger partial charge in [-0.25, -0.2) is 4.99 Å². The molecule has 0 fully saturated rings. The molecule has 0 aromatic heterocycles. The molecule has 0 radical (unpaired) electrons. The molecule has 2 aromatic rings. The van der Waals surface area contributed by atoms with E-state index < -0.39 is 0 Å². The number of guanidine groups is 1. The summed E-state index contributed by atoms with van der Waals surface area (Å²) < 4.78 is 15.9. The van der Waals surface area contributed by atoms with Crippen LogP contribution in [0.3, 0.4) is 0 Å². The summed E-state index contributed by atoms with van der Waals surface area (Å²) >= 11 is 6.09. The largest absolute Gasteiger partial charge is 0.495 e. The number of ether oxygens (including phenoxy) is 3. The maximum absolute atomic E-state index is 6.09.